The molecule has 0 amide bonds. The fraction of sp³-hybridized carbons (Fsp3) is 0.600. The Morgan fingerprint density at radius 2 is 1.37 bits per heavy atom. The predicted molar refractivity (Wildman–Crippen MR) is 59.3 cm³/mol. The molecule has 0 radical (unpaired) electrons. The van der Waals surface area contributed by atoms with Crippen LogP contribution in [-0.4, -0.2) is 50.3 Å². The van der Waals surface area contributed by atoms with Crippen LogP contribution in [0.2, 0.25) is 0 Å². The van der Waals surface area contributed by atoms with Gasteiger partial charge >= 0.3 is 23.9 Å². The molecule has 0 bridgehead atoms. The van der Waals surface area contributed by atoms with Crippen LogP contribution >= 0.6 is 0 Å². The van der Waals surface area contributed by atoms with Gasteiger partial charge < -0.3 is 26.2 Å². The van der Waals surface area contributed by atoms with Gasteiger partial charge in [-0.1, -0.05) is 0 Å². The van der Waals surface area contributed by atoms with Gasteiger partial charge in [0.1, 0.15) is 6.04 Å². The highest BCUT2D eigenvalue weighted by Gasteiger charge is 2.32. The average Bonchev–Trinajstić information content (AvgIpc) is 2.25. The van der Waals surface area contributed by atoms with Gasteiger partial charge in [-0.25, -0.2) is 0 Å². The smallest absolute Gasteiger partial charge is 0.321 e. The molecule has 0 aromatic rings. The third kappa shape index (κ3) is 5.82. The van der Waals surface area contributed by atoms with Crippen LogP contribution in [0.1, 0.15) is 19.3 Å². The molecule has 3 atom stereocenters. The summed E-state index contributed by atoms with van der Waals surface area (Å²) in [6.45, 7) is 0. The summed E-state index contributed by atoms with van der Waals surface area (Å²) in [5.74, 6) is -8.43. The zero-order valence-electron chi connectivity index (χ0n) is 9.85. The Morgan fingerprint density at radius 1 is 0.842 bits per heavy atom. The summed E-state index contributed by atoms with van der Waals surface area (Å²) in [4.78, 5) is 42.6. The quantitative estimate of drug-likeness (QED) is 0.355. The first-order valence-corrected chi connectivity index (χ1v) is 5.32. The van der Waals surface area contributed by atoms with Crippen molar-refractivity contribution < 1.29 is 39.6 Å². The van der Waals surface area contributed by atoms with Crippen LogP contribution in [0.25, 0.3) is 0 Å². The number of rotatable bonds is 9. The van der Waals surface area contributed by atoms with E-state index in [2.05, 4.69) is 0 Å². The van der Waals surface area contributed by atoms with Gasteiger partial charge in [0.2, 0.25) is 0 Å². The Morgan fingerprint density at radius 3 is 1.68 bits per heavy atom. The number of carbonyl (C=O) groups is 4. The van der Waals surface area contributed by atoms with Crippen LogP contribution in [0.15, 0.2) is 0 Å². The molecule has 0 saturated heterocycles. The second-order valence-electron chi connectivity index (χ2n) is 4.02. The summed E-state index contributed by atoms with van der Waals surface area (Å²) in [7, 11) is 0. The molecule has 9 nitrogen and oxygen atoms in total. The second kappa shape index (κ2) is 7.31. The summed E-state index contributed by atoms with van der Waals surface area (Å²) in [5, 5.41) is 34.7. The lowest BCUT2D eigenvalue weighted by Gasteiger charge is -2.18. The molecule has 6 N–H and O–H groups in total. The molecule has 0 heterocycles. The molecule has 9 heteroatoms. The van der Waals surface area contributed by atoms with E-state index in [4.69, 9.17) is 26.2 Å². The van der Waals surface area contributed by atoms with E-state index in [9.17, 15) is 19.2 Å². The molecule has 0 fully saturated rings. The van der Waals surface area contributed by atoms with E-state index in [0.29, 0.717) is 0 Å². The fourth-order valence-electron chi connectivity index (χ4n) is 1.53. The van der Waals surface area contributed by atoms with Crippen LogP contribution in [0.4, 0.5) is 0 Å². The standard InChI is InChI=1S/C10H15NO8/c11-7(10(18)19)5(9(16)17)2-1-4(8(14)15)3-6(12)13/h4-5,7H,1-3,11H2,(H,12,13)(H,14,15)(H,16,17)(H,18,19). The van der Waals surface area contributed by atoms with E-state index < -0.39 is 48.2 Å². The summed E-state index contributed by atoms with van der Waals surface area (Å²) in [5.41, 5.74) is 5.18. The number of hydrogen-bond acceptors (Lipinski definition) is 5. The molecule has 0 aliphatic heterocycles. The molecule has 0 aliphatic carbocycles. The highest BCUT2D eigenvalue weighted by atomic mass is 16.4. The van der Waals surface area contributed by atoms with Crippen molar-refractivity contribution >= 4 is 23.9 Å². The van der Waals surface area contributed by atoms with Gasteiger partial charge in [0.25, 0.3) is 0 Å². The van der Waals surface area contributed by atoms with Crippen LogP contribution in [0.5, 0.6) is 0 Å². The van der Waals surface area contributed by atoms with E-state index in [-0.39, 0.29) is 12.8 Å². The van der Waals surface area contributed by atoms with Gasteiger partial charge in [-0.2, -0.15) is 0 Å². The van der Waals surface area contributed by atoms with E-state index in [0.717, 1.165) is 0 Å². The Bertz CT molecular complexity index is 380. The number of carboxylic acids is 4. The fourth-order valence-corrected chi connectivity index (χ4v) is 1.53. The Hall–Kier alpha value is -2.16. The largest absolute Gasteiger partial charge is 0.481 e. The molecule has 19 heavy (non-hydrogen) atoms. The van der Waals surface area contributed by atoms with Crippen molar-refractivity contribution in [2.75, 3.05) is 0 Å². The van der Waals surface area contributed by atoms with Crippen LogP contribution in [-0.2, 0) is 19.2 Å². The van der Waals surface area contributed by atoms with Gasteiger partial charge in [0, 0.05) is 0 Å². The normalized spacial score (nSPS) is 15.2. The Labute approximate surface area is 107 Å². The summed E-state index contributed by atoms with van der Waals surface area (Å²) < 4.78 is 0. The predicted octanol–water partition coefficient (Wildman–Crippen LogP) is -0.945. The van der Waals surface area contributed by atoms with Crippen molar-refractivity contribution in [3.63, 3.8) is 0 Å². The minimum Gasteiger partial charge on any atom is -0.481 e. The molecular formula is C10H15NO8. The molecule has 108 valence electrons. The van der Waals surface area contributed by atoms with Crippen molar-refractivity contribution in [3.8, 4) is 0 Å². The molecular weight excluding hydrogens is 262 g/mol. The van der Waals surface area contributed by atoms with Crippen molar-refractivity contribution in [3.05, 3.63) is 0 Å². The topological polar surface area (TPSA) is 175 Å². The molecule has 0 spiro atoms. The van der Waals surface area contributed by atoms with Crippen LogP contribution in [0, 0.1) is 11.8 Å². The van der Waals surface area contributed by atoms with E-state index in [1.807, 2.05) is 0 Å². The molecule has 3 unspecified atom stereocenters. The highest BCUT2D eigenvalue weighted by molar-refractivity contribution is 5.82. The number of aliphatic carboxylic acids is 4. The molecule has 0 aromatic heterocycles. The van der Waals surface area contributed by atoms with Crippen LogP contribution < -0.4 is 5.73 Å². The minimum absolute atomic E-state index is 0.278. The Kier molecular flexibility index (Phi) is 6.48. The number of hydrogen-bond donors (Lipinski definition) is 5. The van der Waals surface area contributed by atoms with Gasteiger partial charge in [-0.05, 0) is 12.8 Å². The molecule has 0 saturated carbocycles. The van der Waals surface area contributed by atoms with E-state index >= 15 is 0 Å². The van der Waals surface area contributed by atoms with Gasteiger partial charge in [-0.3, -0.25) is 19.2 Å². The highest BCUT2D eigenvalue weighted by Crippen LogP contribution is 2.19. The number of nitrogens with two attached hydrogens (primary N) is 1. The van der Waals surface area contributed by atoms with Crippen molar-refractivity contribution in [2.24, 2.45) is 17.6 Å². The second-order valence-corrected chi connectivity index (χ2v) is 4.02. The average molecular weight is 277 g/mol. The third-order valence-electron chi connectivity index (χ3n) is 2.63. The van der Waals surface area contributed by atoms with E-state index in [1.165, 1.54) is 0 Å². The molecule has 0 aromatic carbocycles. The zero-order valence-corrected chi connectivity index (χ0v) is 9.85. The minimum atomic E-state index is -1.67. The molecule has 0 aliphatic rings. The SMILES string of the molecule is NC(C(=O)O)C(CCC(CC(=O)O)C(=O)O)C(=O)O. The van der Waals surface area contributed by atoms with Gasteiger partial charge in [-0.15, -0.1) is 0 Å². The maximum Gasteiger partial charge on any atom is 0.321 e. The Balaban J connectivity index is 4.68. The lowest BCUT2D eigenvalue weighted by molar-refractivity contribution is -0.151. The van der Waals surface area contributed by atoms with Gasteiger partial charge in [0.05, 0.1) is 18.3 Å². The summed E-state index contributed by atoms with van der Waals surface area (Å²) in [6, 6.07) is -1.67. The van der Waals surface area contributed by atoms with Crippen LogP contribution in [0.3, 0.4) is 0 Å². The van der Waals surface area contributed by atoms with Crippen molar-refractivity contribution in [2.45, 2.75) is 25.3 Å². The maximum absolute atomic E-state index is 10.8. The first kappa shape index (κ1) is 16.8. The number of carboxylic acid groups (broad SMARTS) is 4. The van der Waals surface area contributed by atoms with E-state index in [1.54, 1.807) is 0 Å². The maximum atomic E-state index is 10.8. The lowest BCUT2D eigenvalue weighted by Crippen LogP contribution is -2.42. The zero-order chi connectivity index (χ0) is 15.2. The monoisotopic (exact) mass is 277 g/mol. The first-order chi connectivity index (χ1) is 8.66. The third-order valence-corrected chi connectivity index (χ3v) is 2.63. The summed E-state index contributed by atoms with van der Waals surface area (Å²) in [6.07, 6.45) is -1.27. The van der Waals surface area contributed by atoms with Crippen molar-refractivity contribution in [1.82, 2.24) is 0 Å². The van der Waals surface area contributed by atoms with Gasteiger partial charge in [0.15, 0.2) is 0 Å². The first-order valence-electron chi connectivity index (χ1n) is 5.32. The lowest BCUT2D eigenvalue weighted by atomic mass is 9.89. The summed E-state index contributed by atoms with van der Waals surface area (Å²) >= 11 is 0. The molecule has 0 rings (SSSR count). The van der Waals surface area contributed by atoms with Crippen molar-refractivity contribution in [1.29, 1.82) is 0 Å².